The van der Waals surface area contributed by atoms with Gasteiger partial charge >= 0.3 is 0 Å². The average Bonchev–Trinajstić information content (AvgIpc) is 2.70. The molecule has 0 spiro atoms. The van der Waals surface area contributed by atoms with Crippen LogP contribution in [0, 0.1) is 0 Å². The van der Waals surface area contributed by atoms with Gasteiger partial charge in [-0.05, 0) is 37.1 Å². The number of anilines is 3. The molecule has 2 aromatic heterocycles. The second-order valence-electron chi connectivity index (χ2n) is 6.67. The molecule has 1 saturated carbocycles. The first-order valence-electron chi connectivity index (χ1n) is 9.25. The molecule has 26 heavy (non-hydrogen) atoms. The molecular formula is C21H23N5. The van der Waals surface area contributed by atoms with Crippen LogP contribution in [-0.4, -0.2) is 21.0 Å². The minimum atomic E-state index is 0.456. The molecule has 3 aromatic rings. The Morgan fingerprint density at radius 1 is 0.885 bits per heavy atom. The van der Waals surface area contributed by atoms with Crippen LogP contribution < -0.4 is 10.6 Å². The SMILES string of the molecule is c1ccc(Nc2cc(-c3cccnc3)nc(NC3CCCCC3)n2)cc1. The van der Waals surface area contributed by atoms with Crippen molar-refractivity contribution in [3.8, 4) is 11.3 Å². The van der Waals surface area contributed by atoms with E-state index >= 15 is 0 Å². The molecule has 0 amide bonds. The van der Waals surface area contributed by atoms with Crippen molar-refractivity contribution in [1.29, 1.82) is 0 Å². The molecule has 0 bridgehead atoms. The van der Waals surface area contributed by atoms with Crippen molar-refractivity contribution in [1.82, 2.24) is 15.0 Å². The fourth-order valence-electron chi connectivity index (χ4n) is 3.34. The van der Waals surface area contributed by atoms with Crippen LogP contribution in [-0.2, 0) is 0 Å². The quantitative estimate of drug-likeness (QED) is 0.679. The Hall–Kier alpha value is -2.95. The summed E-state index contributed by atoms with van der Waals surface area (Å²) in [4.78, 5) is 13.7. The van der Waals surface area contributed by atoms with Crippen molar-refractivity contribution >= 4 is 17.5 Å². The van der Waals surface area contributed by atoms with Crippen LogP contribution in [0.5, 0.6) is 0 Å². The Balaban J connectivity index is 1.64. The molecule has 1 aromatic carbocycles. The first-order valence-corrected chi connectivity index (χ1v) is 9.25. The third-order valence-corrected chi connectivity index (χ3v) is 4.67. The molecule has 1 fully saturated rings. The van der Waals surface area contributed by atoms with Crippen LogP contribution in [0.25, 0.3) is 11.3 Å². The zero-order valence-corrected chi connectivity index (χ0v) is 14.7. The number of aromatic nitrogens is 3. The summed E-state index contributed by atoms with van der Waals surface area (Å²) in [6.07, 6.45) is 9.84. The summed E-state index contributed by atoms with van der Waals surface area (Å²) in [5.74, 6) is 1.46. The monoisotopic (exact) mass is 345 g/mol. The zero-order chi connectivity index (χ0) is 17.6. The molecule has 0 radical (unpaired) electrons. The van der Waals surface area contributed by atoms with Crippen LogP contribution in [0.15, 0.2) is 60.9 Å². The summed E-state index contributed by atoms with van der Waals surface area (Å²) in [6, 6.07) is 16.4. The Kier molecular flexibility index (Phi) is 5.05. The van der Waals surface area contributed by atoms with E-state index in [1.165, 1.54) is 32.1 Å². The maximum absolute atomic E-state index is 4.74. The normalized spacial score (nSPS) is 14.8. The lowest BCUT2D eigenvalue weighted by Gasteiger charge is -2.23. The molecule has 5 heteroatoms. The second-order valence-corrected chi connectivity index (χ2v) is 6.67. The summed E-state index contributed by atoms with van der Waals surface area (Å²) in [5.41, 5.74) is 2.86. The van der Waals surface area contributed by atoms with Crippen LogP contribution in [0.3, 0.4) is 0 Å². The number of nitrogens with one attached hydrogen (secondary N) is 2. The lowest BCUT2D eigenvalue weighted by atomic mass is 9.96. The maximum atomic E-state index is 4.74. The van der Waals surface area contributed by atoms with Crippen molar-refractivity contribution in [2.45, 2.75) is 38.1 Å². The zero-order valence-electron chi connectivity index (χ0n) is 14.7. The van der Waals surface area contributed by atoms with Gasteiger partial charge in [-0.15, -0.1) is 0 Å². The maximum Gasteiger partial charge on any atom is 0.225 e. The van der Waals surface area contributed by atoms with Gasteiger partial charge in [-0.25, -0.2) is 4.98 Å². The number of pyridine rings is 1. The third kappa shape index (κ3) is 4.17. The van der Waals surface area contributed by atoms with Gasteiger partial charge in [0.15, 0.2) is 0 Å². The highest BCUT2D eigenvalue weighted by Crippen LogP contribution is 2.25. The van der Waals surface area contributed by atoms with Gasteiger partial charge in [0, 0.05) is 35.8 Å². The van der Waals surface area contributed by atoms with Crippen molar-refractivity contribution in [3.05, 3.63) is 60.9 Å². The molecule has 2 N–H and O–H groups in total. The molecule has 4 rings (SSSR count). The van der Waals surface area contributed by atoms with E-state index in [1.807, 2.05) is 54.7 Å². The van der Waals surface area contributed by atoms with Gasteiger partial charge in [0.05, 0.1) is 5.69 Å². The minimum absolute atomic E-state index is 0.456. The largest absolute Gasteiger partial charge is 0.351 e. The van der Waals surface area contributed by atoms with Gasteiger partial charge < -0.3 is 10.6 Å². The van der Waals surface area contributed by atoms with E-state index in [2.05, 4.69) is 15.6 Å². The van der Waals surface area contributed by atoms with E-state index in [0.29, 0.717) is 12.0 Å². The van der Waals surface area contributed by atoms with Gasteiger partial charge in [-0.3, -0.25) is 4.98 Å². The highest BCUT2D eigenvalue weighted by Gasteiger charge is 2.15. The van der Waals surface area contributed by atoms with E-state index in [9.17, 15) is 0 Å². The summed E-state index contributed by atoms with van der Waals surface area (Å²) in [5, 5.41) is 6.91. The van der Waals surface area contributed by atoms with Crippen LogP contribution in [0.4, 0.5) is 17.5 Å². The molecular weight excluding hydrogens is 322 g/mol. The highest BCUT2D eigenvalue weighted by atomic mass is 15.2. The Bertz CT molecular complexity index is 830. The predicted molar refractivity (Wildman–Crippen MR) is 105 cm³/mol. The van der Waals surface area contributed by atoms with Gasteiger partial charge in [-0.1, -0.05) is 37.5 Å². The summed E-state index contributed by atoms with van der Waals surface area (Å²) < 4.78 is 0. The number of nitrogens with zero attached hydrogens (tertiary/aromatic N) is 3. The molecule has 0 aliphatic heterocycles. The Morgan fingerprint density at radius 2 is 1.73 bits per heavy atom. The van der Waals surface area contributed by atoms with E-state index in [0.717, 1.165) is 22.8 Å². The lowest BCUT2D eigenvalue weighted by Crippen LogP contribution is -2.23. The van der Waals surface area contributed by atoms with Crippen LogP contribution in [0.1, 0.15) is 32.1 Å². The Morgan fingerprint density at radius 3 is 2.50 bits per heavy atom. The van der Waals surface area contributed by atoms with Crippen molar-refractivity contribution in [2.24, 2.45) is 0 Å². The minimum Gasteiger partial charge on any atom is -0.351 e. The highest BCUT2D eigenvalue weighted by molar-refractivity contribution is 5.66. The number of para-hydroxylation sites is 1. The first kappa shape index (κ1) is 16.5. The lowest BCUT2D eigenvalue weighted by molar-refractivity contribution is 0.461. The summed E-state index contributed by atoms with van der Waals surface area (Å²) >= 11 is 0. The molecule has 132 valence electrons. The van der Waals surface area contributed by atoms with Crippen LogP contribution >= 0.6 is 0 Å². The average molecular weight is 345 g/mol. The first-order chi connectivity index (χ1) is 12.9. The van der Waals surface area contributed by atoms with Gasteiger partial charge in [0.25, 0.3) is 0 Å². The molecule has 1 aliphatic carbocycles. The number of hydrogen-bond acceptors (Lipinski definition) is 5. The fraction of sp³-hybridized carbons (Fsp3) is 0.286. The van der Waals surface area contributed by atoms with Gasteiger partial charge in [0.2, 0.25) is 5.95 Å². The van der Waals surface area contributed by atoms with Gasteiger partial charge in [-0.2, -0.15) is 4.98 Å². The summed E-state index contributed by atoms with van der Waals surface area (Å²) in [6.45, 7) is 0. The van der Waals surface area contributed by atoms with Crippen molar-refractivity contribution in [3.63, 3.8) is 0 Å². The topological polar surface area (TPSA) is 62.7 Å². The molecule has 0 atom stereocenters. The van der Waals surface area contributed by atoms with E-state index in [-0.39, 0.29) is 0 Å². The van der Waals surface area contributed by atoms with E-state index in [4.69, 9.17) is 9.97 Å². The van der Waals surface area contributed by atoms with E-state index in [1.54, 1.807) is 6.20 Å². The third-order valence-electron chi connectivity index (χ3n) is 4.67. The van der Waals surface area contributed by atoms with Crippen LogP contribution in [0.2, 0.25) is 0 Å². The predicted octanol–water partition coefficient (Wildman–Crippen LogP) is 5.03. The van der Waals surface area contributed by atoms with Crippen molar-refractivity contribution < 1.29 is 0 Å². The standard InChI is InChI=1S/C21H23N5/c1-3-9-17(10-4-1)23-20-14-19(16-8-7-13-22-15-16)25-21(26-20)24-18-11-5-2-6-12-18/h1,3-4,7-10,13-15,18H,2,5-6,11-12H2,(H2,23,24,25,26). The van der Waals surface area contributed by atoms with Crippen molar-refractivity contribution in [2.75, 3.05) is 10.6 Å². The smallest absolute Gasteiger partial charge is 0.225 e. The Labute approximate surface area is 153 Å². The number of benzene rings is 1. The molecule has 0 saturated heterocycles. The molecule has 5 nitrogen and oxygen atoms in total. The molecule has 2 heterocycles. The van der Waals surface area contributed by atoms with Gasteiger partial charge in [0.1, 0.15) is 5.82 Å². The fourth-order valence-corrected chi connectivity index (χ4v) is 3.34. The van der Waals surface area contributed by atoms with E-state index < -0.39 is 0 Å². The second kappa shape index (κ2) is 7.95. The number of hydrogen-bond donors (Lipinski definition) is 2. The molecule has 0 unspecified atom stereocenters. The number of rotatable bonds is 5. The summed E-state index contributed by atoms with van der Waals surface area (Å²) in [7, 11) is 0. The molecule has 1 aliphatic rings.